The Hall–Kier alpha value is -0.680. The van der Waals surface area contributed by atoms with E-state index in [0.717, 1.165) is 6.42 Å². The molecule has 0 bridgehead atoms. The maximum absolute atomic E-state index is 5.60. The molecule has 5 heteroatoms. The number of anilines is 1. The average Bonchev–Trinajstić information content (AvgIpc) is 2.52. The second kappa shape index (κ2) is 4.02. The van der Waals surface area contributed by atoms with Crippen LogP contribution in [0, 0.1) is 0 Å². The Balaban J connectivity index is 2.88. The van der Waals surface area contributed by atoms with Crippen molar-refractivity contribution in [2.24, 2.45) is 0 Å². The van der Waals surface area contributed by atoms with Gasteiger partial charge in [0.1, 0.15) is 5.60 Å². The molecule has 2 N–H and O–H groups in total. The van der Waals surface area contributed by atoms with Crippen molar-refractivity contribution in [1.82, 2.24) is 9.36 Å². The fraction of sp³-hybridized carbons (Fsp3) is 0.750. The van der Waals surface area contributed by atoms with Crippen LogP contribution in [0.3, 0.4) is 0 Å². The lowest BCUT2D eigenvalue weighted by molar-refractivity contribution is -0.0381. The van der Waals surface area contributed by atoms with Gasteiger partial charge in [-0.15, -0.1) is 0 Å². The van der Waals surface area contributed by atoms with Crippen LogP contribution in [0.25, 0.3) is 0 Å². The van der Waals surface area contributed by atoms with Gasteiger partial charge < -0.3 is 10.5 Å². The van der Waals surface area contributed by atoms with E-state index in [1.54, 1.807) is 0 Å². The Bertz CT molecular complexity index is 276. The van der Waals surface area contributed by atoms with Crippen molar-refractivity contribution >= 4 is 16.7 Å². The minimum absolute atomic E-state index is 0.386. The Kier molecular flexibility index (Phi) is 3.22. The lowest BCUT2D eigenvalue weighted by Gasteiger charge is -2.24. The van der Waals surface area contributed by atoms with E-state index in [2.05, 4.69) is 9.36 Å². The number of rotatable bonds is 4. The van der Waals surface area contributed by atoms with Crippen LogP contribution >= 0.6 is 11.5 Å². The third-order valence-electron chi connectivity index (χ3n) is 2.05. The highest BCUT2D eigenvalue weighted by Crippen LogP contribution is 2.27. The minimum atomic E-state index is -0.386. The summed E-state index contributed by atoms with van der Waals surface area (Å²) in [6.45, 7) is 6.65. The molecular weight excluding hydrogens is 186 g/mol. The number of hydrogen-bond donors (Lipinski definition) is 1. The van der Waals surface area contributed by atoms with Gasteiger partial charge in [-0.1, -0.05) is 6.92 Å². The molecule has 1 aromatic rings. The smallest absolute Gasteiger partial charge is 0.200 e. The zero-order valence-corrected chi connectivity index (χ0v) is 9.02. The van der Waals surface area contributed by atoms with Crippen LogP contribution in [0.5, 0.6) is 0 Å². The molecule has 0 radical (unpaired) electrons. The Labute approximate surface area is 82.3 Å². The maximum Gasteiger partial charge on any atom is 0.200 e. The molecule has 1 atom stereocenters. The van der Waals surface area contributed by atoms with E-state index in [-0.39, 0.29) is 5.60 Å². The molecule has 0 aliphatic heterocycles. The minimum Gasteiger partial charge on any atom is -0.374 e. The fourth-order valence-corrected chi connectivity index (χ4v) is 1.63. The third-order valence-corrected chi connectivity index (χ3v) is 2.59. The highest BCUT2D eigenvalue weighted by Gasteiger charge is 2.29. The lowest BCUT2D eigenvalue weighted by atomic mass is 10.0. The highest BCUT2D eigenvalue weighted by atomic mass is 32.1. The Morgan fingerprint density at radius 3 is 2.62 bits per heavy atom. The van der Waals surface area contributed by atoms with Gasteiger partial charge in [0.25, 0.3) is 0 Å². The van der Waals surface area contributed by atoms with E-state index in [1.807, 2.05) is 20.8 Å². The number of ether oxygens (including phenoxy) is 1. The van der Waals surface area contributed by atoms with Gasteiger partial charge in [-0.2, -0.15) is 4.37 Å². The van der Waals surface area contributed by atoms with Crippen molar-refractivity contribution in [2.75, 3.05) is 12.3 Å². The quantitative estimate of drug-likeness (QED) is 0.806. The number of aromatic nitrogens is 2. The van der Waals surface area contributed by atoms with Crippen LogP contribution in [-0.4, -0.2) is 16.0 Å². The average molecular weight is 201 g/mol. The van der Waals surface area contributed by atoms with Gasteiger partial charge in [0.15, 0.2) is 11.0 Å². The zero-order valence-electron chi connectivity index (χ0n) is 8.20. The molecule has 0 aliphatic carbocycles. The fourth-order valence-electron chi connectivity index (χ4n) is 1.09. The number of nitrogens with two attached hydrogens (primary N) is 1. The van der Waals surface area contributed by atoms with Crippen LogP contribution in [0.1, 0.15) is 33.0 Å². The molecule has 0 amide bonds. The molecule has 0 saturated heterocycles. The van der Waals surface area contributed by atoms with E-state index >= 15 is 0 Å². The van der Waals surface area contributed by atoms with Crippen molar-refractivity contribution in [3.8, 4) is 0 Å². The molecule has 1 heterocycles. The molecule has 1 aromatic heterocycles. The monoisotopic (exact) mass is 201 g/mol. The van der Waals surface area contributed by atoms with Gasteiger partial charge in [-0.3, -0.25) is 0 Å². The van der Waals surface area contributed by atoms with Crippen molar-refractivity contribution in [1.29, 1.82) is 0 Å². The molecule has 0 aromatic carbocycles. The first-order valence-corrected chi connectivity index (χ1v) is 5.13. The third kappa shape index (κ3) is 2.16. The molecule has 13 heavy (non-hydrogen) atoms. The number of hydrogen-bond acceptors (Lipinski definition) is 5. The van der Waals surface area contributed by atoms with Crippen molar-refractivity contribution in [3.63, 3.8) is 0 Å². The molecule has 74 valence electrons. The van der Waals surface area contributed by atoms with E-state index in [1.165, 1.54) is 11.5 Å². The molecule has 4 nitrogen and oxygen atoms in total. The van der Waals surface area contributed by atoms with E-state index in [4.69, 9.17) is 10.5 Å². The van der Waals surface area contributed by atoms with E-state index in [0.29, 0.717) is 17.6 Å². The molecule has 1 unspecified atom stereocenters. The van der Waals surface area contributed by atoms with Crippen LogP contribution in [0.15, 0.2) is 0 Å². The molecule has 1 rings (SSSR count). The van der Waals surface area contributed by atoms with Crippen LogP contribution in [-0.2, 0) is 10.3 Å². The molecule has 0 saturated carbocycles. The van der Waals surface area contributed by atoms with E-state index < -0.39 is 0 Å². The van der Waals surface area contributed by atoms with Gasteiger partial charge in [0, 0.05) is 18.1 Å². The molecule has 0 aliphatic rings. The molecule has 0 spiro atoms. The summed E-state index contributed by atoms with van der Waals surface area (Å²) in [6.07, 6.45) is 0.844. The van der Waals surface area contributed by atoms with Crippen LogP contribution < -0.4 is 5.73 Å². The summed E-state index contributed by atoms with van der Waals surface area (Å²) in [5.74, 6) is 0.694. The summed E-state index contributed by atoms with van der Waals surface area (Å²) in [6, 6.07) is 0. The molecule has 0 fully saturated rings. The maximum atomic E-state index is 5.60. The lowest BCUT2D eigenvalue weighted by Crippen LogP contribution is -2.26. The summed E-state index contributed by atoms with van der Waals surface area (Å²) < 4.78 is 9.76. The summed E-state index contributed by atoms with van der Waals surface area (Å²) in [4.78, 5) is 4.13. The second-order valence-corrected chi connectivity index (χ2v) is 3.76. The van der Waals surface area contributed by atoms with Gasteiger partial charge in [0.2, 0.25) is 0 Å². The van der Waals surface area contributed by atoms with Crippen LogP contribution in [0.2, 0.25) is 0 Å². The summed E-state index contributed by atoms with van der Waals surface area (Å²) in [7, 11) is 0. The van der Waals surface area contributed by atoms with E-state index in [9.17, 15) is 0 Å². The zero-order chi connectivity index (χ0) is 9.90. The SMILES string of the molecule is CCOC(C)(CC)c1nsc(N)n1. The predicted octanol–water partition coefficient (Wildman–Crippen LogP) is 1.78. The summed E-state index contributed by atoms with van der Waals surface area (Å²) in [5, 5.41) is 0.495. The van der Waals surface area contributed by atoms with Crippen molar-refractivity contribution in [3.05, 3.63) is 5.82 Å². The first kappa shape index (κ1) is 10.4. The Morgan fingerprint density at radius 2 is 2.23 bits per heavy atom. The van der Waals surface area contributed by atoms with Gasteiger partial charge in [-0.05, 0) is 20.3 Å². The van der Waals surface area contributed by atoms with Crippen LogP contribution in [0.4, 0.5) is 5.13 Å². The molecular formula is C8H15N3OS. The highest BCUT2D eigenvalue weighted by molar-refractivity contribution is 7.09. The standard InChI is InChI=1S/C8H15N3OS/c1-4-8(3,12-5-2)6-10-7(9)13-11-6/h4-5H2,1-3H3,(H2,9,10,11). The summed E-state index contributed by atoms with van der Waals surface area (Å²) >= 11 is 1.21. The van der Waals surface area contributed by atoms with Crippen molar-refractivity contribution in [2.45, 2.75) is 32.8 Å². The van der Waals surface area contributed by atoms with Gasteiger partial charge in [0.05, 0.1) is 0 Å². The summed E-state index contributed by atoms with van der Waals surface area (Å²) in [5.41, 5.74) is 5.13. The van der Waals surface area contributed by atoms with Gasteiger partial charge >= 0.3 is 0 Å². The van der Waals surface area contributed by atoms with Gasteiger partial charge in [-0.25, -0.2) is 4.98 Å². The second-order valence-electron chi connectivity index (χ2n) is 2.97. The first-order chi connectivity index (χ1) is 6.12. The topological polar surface area (TPSA) is 61.0 Å². The van der Waals surface area contributed by atoms with Crippen molar-refractivity contribution < 1.29 is 4.74 Å². The normalized spacial score (nSPS) is 15.6. The predicted molar refractivity (Wildman–Crippen MR) is 53.6 cm³/mol. The Morgan fingerprint density at radius 1 is 1.54 bits per heavy atom. The number of nitrogen functional groups attached to an aromatic ring is 1. The first-order valence-electron chi connectivity index (χ1n) is 4.36. The largest absolute Gasteiger partial charge is 0.374 e. The number of nitrogens with zero attached hydrogens (tertiary/aromatic N) is 2.